The van der Waals surface area contributed by atoms with E-state index in [1.165, 1.54) is 0 Å². The van der Waals surface area contributed by atoms with Crippen molar-refractivity contribution in [3.63, 3.8) is 0 Å². The van der Waals surface area contributed by atoms with Crippen molar-refractivity contribution in [2.24, 2.45) is 17.2 Å². The molecule has 0 heterocycles. The van der Waals surface area contributed by atoms with Crippen LogP contribution in [0, 0.1) is 0 Å². The van der Waals surface area contributed by atoms with Crippen LogP contribution in [-0.2, 0) is 0 Å². The van der Waals surface area contributed by atoms with Crippen LogP contribution in [0.15, 0.2) is 11.4 Å². The third-order valence-electron chi connectivity index (χ3n) is 1.73. The molecule has 1 atom stereocenters. The molecule has 1 aliphatic carbocycles. The van der Waals surface area contributed by atoms with Gasteiger partial charge in [0.25, 0.3) is 0 Å². The largest absolute Gasteiger partial charge is 0.401 e. The second-order valence-corrected chi connectivity index (χ2v) is 2.48. The summed E-state index contributed by atoms with van der Waals surface area (Å²) in [5.41, 5.74) is 18.2. The van der Waals surface area contributed by atoms with E-state index in [-0.39, 0.29) is 6.04 Å². The van der Waals surface area contributed by atoms with Crippen LogP contribution < -0.4 is 17.2 Å². The van der Waals surface area contributed by atoms with Crippen LogP contribution in [0.25, 0.3) is 0 Å². The predicted octanol–water partition coefficient (Wildman–Crippen LogP) is -0.373. The molecule has 0 aromatic heterocycles. The van der Waals surface area contributed by atoms with Crippen molar-refractivity contribution in [3.8, 4) is 0 Å². The fourth-order valence-corrected chi connectivity index (χ4v) is 1.05. The lowest BCUT2D eigenvalue weighted by Crippen LogP contribution is -2.33. The Bertz CT molecular complexity index is 139. The molecule has 0 amide bonds. The van der Waals surface area contributed by atoms with Crippen LogP contribution in [0.5, 0.6) is 0 Å². The van der Waals surface area contributed by atoms with Gasteiger partial charge in [0.2, 0.25) is 0 Å². The van der Waals surface area contributed by atoms with Gasteiger partial charge in [0.05, 0.1) is 0 Å². The number of rotatable bonds is 0. The Morgan fingerprint density at radius 2 is 2.00 bits per heavy atom. The van der Waals surface area contributed by atoms with Gasteiger partial charge in [-0.05, 0) is 19.3 Å². The Balaban J connectivity index is 2.72. The normalized spacial score (nSPS) is 28.8. The van der Waals surface area contributed by atoms with E-state index in [0.717, 1.165) is 25.0 Å². The number of nitrogens with two attached hydrogens (primary N) is 3. The molecule has 0 fully saturated rings. The maximum Gasteiger partial charge on any atom is 0.0460 e. The smallest absolute Gasteiger partial charge is 0.0460 e. The van der Waals surface area contributed by atoms with E-state index < -0.39 is 0 Å². The summed E-state index contributed by atoms with van der Waals surface area (Å²) in [6.07, 6.45) is 2.97. The van der Waals surface area contributed by atoms with Gasteiger partial charge in [-0.3, -0.25) is 0 Å². The van der Waals surface area contributed by atoms with Crippen molar-refractivity contribution in [1.29, 1.82) is 0 Å². The number of hydrogen-bond acceptors (Lipinski definition) is 3. The molecule has 1 rings (SSSR count). The quantitative estimate of drug-likeness (QED) is 0.415. The molecule has 9 heavy (non-hydrogen) atoms. The molecular formula is C6H13N3. The zero-order valence-electron chi connectivity index (χ0n) is 5.43. The zero-order chi connectivity index (χ0) is 6.85. The molecule has 3 nitrogen and oxygen atoms in total. The zero-order valence-corrected chi connectivity index (χ0v) is 5.43. The summed E-state index contributed by atoms with van der Waals surface area (Å²) in [6, 6.07) is 0.0127. The Morgan fingerprint density at radius 3 is 2.44 bits per heavy atom. The minimum atomic E-state index is 0.0127. The summed E-state index contributed by atoms with van der Waals surface area (Å²) in [4.78, 5) is 0. The highest BCUT2D eigenvalue weighted by atomic mass is 14.8. The molecule has 0 aliphatic heterocycles. The minimum absolute atomic E-state index is 0.0127. The Kier molecular flexibility index (Phi) is 1.62. The van der Waals surface area contributed by atoms with Crippen molar-refractivity contribution in [1.82, 2.24) is 0 Å². The van der Waals surface area contributed by atoms with Gasteiger partial charge >= 0.3 is 0 Å². The Morgan fingerprint density at radius 1 is 1.33 bits per heavy atom. The van der Waals surface area contributed by atoms with Gasteiger partial charge in [0, 0.05) is 17.4 Å². The molecule has 0 saturated carbocycles. The second kappa shape index (κ2) is 2.27. The summed E-state index contributed by atoms with van der Waals surface area (Å²) >= 11 is 0. The molecule has 0 aromatic rings. The predicted molar refractivity (Wildman–Crippen MR) is 37.2 cm³/mol. The molecule has 0 spiro atoms. The lowest BCUT2D eigenvalue weighted by atomic mass is 9.98. The van der Waals surface area contributed by atoms with Gasteiger partial charge in [0.1, 0.15) is 0 Å². The number of hydrogen-bond donors (Lipinski definition) is 3. The first-order valence-corrected chi connectivity index (χ1v) is 3.21. The molecule has 3 heteroatoms. The molecule has 0 radical (unpaired) electrons. The Hall–Kier alpha value is -0.700. The maximum absolute atomic E-state index is 5.61. The fourth-order valence-electron chi connectivity index (χ4n) is 1.05. The third kappa shape index (κ3) is 1.16. The van der Waals surface area contributed by atoms with E-state index in [4.69, 9.17) is 17.2 Å². The van der Waals surface area contributed by atoms with E-state index in [9.17, 15) is 0 Å². The van der Waals surface area contributed by atoms with Crippen LogP contribution in [0.3, 0.4) is 0 Å². The van der Waals surface area contributed by atoms with Gasteiger partial charge < -0.3 is 17.2 Å². The molecular weight excluding hydrogens is 114 g/mol. The summed E-state index contributed by atoms with van der Waals surface area (Å²) < 4.78 is 0. The first kappa shape index (κ1) is 6.42. The molecule has 52 valence electrons. The minimum Gasteiger partial charge on any atom is -0.401 e. The van der Waals surface area contributed by atoms with Crippen molar-refractivity contribution in [2.45, 2.75) is 25.3 Å². The molecule has 0 bridgehead atoms. The van der Waals surface area contributed by atoms with Crippen LogP contribution in [-0.4, -0.2) is 6.04 Å². The topological polar surface area (TPSA) is 78.1 Å². The maximum atomic E-state index is 5.61. The molecule has 1 unspecified atom stereocenters. The first-order valence-electron chi connectivity index (χ1n) is 3.21. The van der Waals surface area contributed by atoms with Crippen molar-refractivity contribution >= 4 is 0 Å². The van der Waals surface area contributed by atoms with E-state index in [0.29, 0.717) is 5.70 Å². The second-order valence-electron chi connectivity index (χ2n) is 2.48. The van der Waals surface area contributed by atoms with Crippen molar-refractivity contribution < 1.29 is 0 Å². The molecule has 1 aliphatic rings. The fraction of sp³-hybridized carbons (Fsp3) is 0.667. The van der Waals surface area contributed by atoms with Gasteiger partial charge in [-0.15, -0.1) is 0 Å². The lowest BCUT2D eigenvalue weighted by molar-refractivity contribution is 0.585. The lowest BCUT2D eigenvalue weighted by Gasteiger charge is -2.19. The van der Waals surface area contributed by atoms with E-state index in [1.54, 1.807) is 0 Å². The molecule has 0 saturated heterocycles. The highest BCUT2D eigenvalue weighted by Gasteiger charge is 2.14. The van der Waals surface area contributed by atoms with E-state index in [2.05, 4.69) is 0 Å². The van der Waals surface area contributed by atoms with Crippen LogP contribution in [0.2, 0.25) is 0 Å². The van der Waals surface area contributed by atoms with Gasteiger partial charge in [-0.1, -0.05) is 0 Å². The third-order valence-corrected chi connectivity index (χ3v) is 1.73. The number of allylic oxidation sites excluding steroid dienone is 1. The highest BCUT2D eigenvalue weighted by Crippen LogP contribution is 2.15. The average Bonchev–Trinajstić information content (AvgIpc) is 1.83. The summed E-state index contributed by atoms with van der Waals surface area (Å²) in [6.45, 7) is 0. The van der Waals surface area contributed by atoms with Crippen molar-refractivity contribution in [3.05, 3.63) is 11.4 Å². The van der Waals surface area contributed by atoms with Gasteiger partial charge in [-0.2, -0.15) is 0 Å². The van der Waals surface area contributed by atoms with E-state index >= 15 is 0 Å². The van der Waals surface area contributed by atoms with E-state index in [1.807, 2.05) is 0 Å². The molecule has 0 aromatic carbocycles. The summed E-state index contributed by atoms with van der Waals surface area (Å²) in [5, 5.41) is 0. The SMILES string of the molecule is NC1=C(N)C(N)CCC1. The summed E-state index contributed by atoms with van der Waals surface area (Å²) in [7, 11) is 0. The van der Waals surface area contributed by atoms with Crippen molar-refractivity contribution in [2.75, 3.05) is 0 Å². The standard InChI is InChI=1S/C6H13N3/c7-4-2-1-3-5(8)6(4)9/h4H,1-3,7-9H2. The molecule has 6 N–H and O–H groups in total. The highest BCUT2D eigenvalue weighted by molar-refractivity contribution is 5.16. The van der Waals surface area contributed by atoms with Crippen LogP contribution in [0.1, 0.15) is 19.3 Å². The van der Waals surface area contributed by atoms with Crippen LogP contribution in [0.4, 0.5) is 0 Å². The van der Waals surface area contributed by atoms with Crippen LogP contribution >= 0.6 is 0 Å². The van der Waals surface area contributed by atoms with Gasteiger partial charge in [-0.25, -0.2) is 0 Å². The van der Waals surface area contributed by atoms with Gasteiger partial charge in [0.15, 0.2) is 0 Å². The summed E-state index contributed by atoms with van der Waals surface area (Å²) in [5.74, 6) is 0. The first-order chi connectivity index (χ1) is 4.22. The average molecular weight is 127 g/mol. The monoisotopic (exact) mass is 127 g/mol. The Labute approximate surface area is 54.9 Å².